The molecule has 0 spiro atoms. The van der Waals surface area contributed by atoms with Crippen LogP contribution in [0.2, 0.25) is 25.2 Å². The third kappa shape index (κ3) is 1.83. The predicted octanol–water partition coefficient (Wildman–Crippen LogP) is 3.60. The van der Waals surface area contributed by atoms with E-state index in [1.807, 2.05) is 0 Å². The molecule has 0 N–H and O–H groups in total. The van der Waals surface area contributed by atoms with Crippen LogP contribution in [0.5, 0.6) is 0 Å². The monoisotopic (exact) mass is 166 g/mol. The minimum Gasteiger partial charge on any atom is -0.0771 e. The van der Waals surface area contributed by atoms with Crippen molar-refractivity contribution in [1.82, 2.24) is 0 Å². The van der Waals surface area contributed by atoms with Crippen LogP contribution in [-0.4, -0.2) is 8.07 Å². The van der Waals surface area contributed by atoms with Crippen LogP contribution < -0.4 is 0 Å². The van der Waals surface area contributed by atoms with Gasteiger partial charge in [-0.25, -0.2) is 0 Å². The van der Waals surface area contributed by atoms with Gasteiger partial charge in [-0.15, -0.1) is 0 Å². The Morgan fingerprint density at radius 3 is 1.55 bits per heavy atom. The highest BCUT2D eigenvalue weighted by Gasteiger charge is 2.25. The van der Waals surface area contributed by atoms with Crippen LogP contribution >= 0.6 is 0 Å². The van der Waals surface area contributed by atoms with E-state index in [0.29, 0.717) is 0 Å². The minimum absolute atomic E-state index is 0.780. The van der Waals surface area contributed by atoms with Crippen molar-refractivity contribution in [3.8, 4) is 0 Å². The summed E-state index contributed by atoms with van der Waals surface area (Å²) in [4.78, 5) is 0. The molecule has 0 amide bonds. The standard InChI is InChI=1S/C10H18Si/c1-8-6-10(7-9(8)2)11(3,4)5/h6-7,10H,1-5H3. The molecule has 0 unspecified atom stereocenters. The maximum Gasteiger partial charge on any atom is 0.0558 e. The van der Waals surface area contributed by atoms with Gasteiger partial charge in [-0.1, -0.05) is 42.9 Å². The Bertz CT molecular complexity index is 198. The molecule has 0 bridgehead atoms. The maximum atomic E-state index is 2.43. The fourth-order valence-corrected chi connectivity index (χ4v) is 2.85. The number of allylic oxidation sites excluding steroid dienone is 4. The molecular weight excluding hydrogens is 148 g/mol. The highest BCUT2D eigenvalue weighted by Crippen LogP contribution is 2.34. The average Bonchev–Trinajstić information content (AvgIpc) is 2.11. The van der Waals surface area contributed by atoms with E-state index >= 15 is 0 Å². The summed E-state index contributed by atoms with van der Waals surface area (Å²) in [6.07, 6.45) is 4.86. The smallest absolute Gasteiger partial charge is 0.0558 e. The van der Waals surface area contributed by atoms with Crippen molar-refractivity contribution in [3.63, 3.8) is 0 Å². The average molecular weight is 166 g/mol. The van der Waals surface area contributed by atoms with Gasteiger partial charge in [0, 0.05) is 0 Å². The molecule has 1 rings (SSSR count). The zero-order chi connectivity index (χ0) is 8.65. The lowest BCUT2D eigenvalue weighted by Crippen LogP contribution is -2.24. The molecule has 0 saturated heterocycles. The first-order chi connectivity index (χ1) is 4.91. The Balaban J connectivity index is 2.84. The second-order valence-corrected chi connectivity index (χ2v) is 9.99. The molecule has 0 fully saturated rings. The molecule has 0 saturated carbocycles. The van der Waals surface area contributed by atoms with Gasteiger partial charge in [-0.2, -0.15) is 0 Å². The Morgan fingerprint density at radius 1 is 1.00 bits per heavy atom. The summed E-state index contributed by atoms with van der Waals surface area (Å²) in [5.41, 5.74) is 3.75. The highest BCUT2D eigenvalue weighted by atomic mass is 28.3. The van der Waals surface area contributed by atoms with Crippen LogP contribution in [0.3, 0.4) is 0 Å². The fraction of sp³-hybridized carbons (Fsp3) is 0.600. The summed E-state index contributed by atoms with van der Waals surface area (Å²) in [7, 11) is -0.961. The zero-order valence-corrected chi connectivity index (χ0v) is 9.23. The quantitative estimate of drug-likeness (QED) is 0.522. The summed E-state index contributed by atoms with van der Waals surface area (Å²) in [5, 5.41) is 0. The second kappa shape index (κ2) is 2.63. The predicted molar refractivity (Wildman–Crippen MR) is 54.6 cm³/mol. The van der Waals surface area contributed by atoms with Crippen LogP contribution in [0, 0.1) is 0 Å². The van der Waals surface area contributed by atoms with Crippen molar-refractivity contribution in [1.29, 1.82) is 0 Å². The number of hydrogen-bond donors (Lipinski definition) is 0. The lowest BCUT2D eigenvalue weighted by molar-refractivity contribution is 1.28. The van der Waals surface area contributed by atoms with Crippen LogP contribution in [0.15, 0.2) is 23.3 Å². The SMILES string of the molecule is CC1=CC([Si](C)(C)C)C=C1C. The lowest BCUT2D eigenvalue weighted by Gasteiger charge is -2.20. The normalized spacial score (nSPS) is 20.1. The molecule has 0 aromatic carbocycles. The van der Waals surface area contributed by atoms with E-state index in [1.165, 1.54) is 11.1 Å². The Kier molecular flexibility index (Phi) is 2.10. The first-order valence-corrected chi connectivity index (χ1v) is 7.86. The third-order valence-electron chi connectivity index (χ3n) is 2.48. The van der Waals surface area contributed by atoms with Gasteiger partial charge in [0.2, 0.25) is 0 Å². The van der Waals surface area contributed by atoms with Crippen molar-refractivity contribution in [2.24, 2.45) is 0 Å². The van der Waals surface area contributed by atoms with Crippen molar-refractivity contribution >= 4 is 8.07 Å². The van der Waals surface area contributed by atoms with E-state index in [9.17, 15) is 0 Å². The van der Waals surface area contributed by atoms with E-state index in [4.69, 9.17) is 0 Å². The van der Waals surface area contributed by atoms with Gasteiger partial charge < -0.3 is 0 Å². The largest absolute Gasteiger partial charge is 0.0771 e. The van der Waals surface area contributed by atoms with Crippen molar-refractivity contribution < 1.29 is 0 Å². The Hall–Kier alpha value is -0.303. The molecule has 0 aliphatic heterocycles. The Labute approximate surface area is 71.0 Å². The van der Waals surface area contributed by atoms with Gasteiger partial charge in [0.25, 0.3) is 0 Å². The molecule has 1 aliphatic carbocycles. The van der Waals surface area contributed by atoms with Gasteiger partial charge in [-0.3, -0.25) is 0 Å². The zero-order valence-electron chi connectivity index (χ0n) is 8.23. The summed E-state index contributed by atoms with van der Waals surface area (Å²) in [6, 6.07) is 0. The van der Waals surface area contributed by atoms with E-state index in [2.05, 4.69) is 45.6 Å². The van der Waals surface area contributed by atoms with Crippen LogP contribution in [0.4, 0.5) is 0 Å². The first-order valence-electron chi connectivity index (χ1n) is 4.28. The number of hydrogen-bond acceptors (Lipinski definition) is 0. The van der Waals surface area contributed by atoms with Gasteiger partial charge in [0.05, 0.1) is 8.07 Å². The molecule has 11 heavy (non-hydrogen) atoms. The molecule has 0 heterocycles. The third-order valence-corrected chi connectivity index (χ3v) is 4.81. The van der Waals surface area contributed by atoms with E-state index in [1.54, 1.807) is 0 Å². The van der Waals surface area contributed by atoms with Gasteiger partial charge >= 0.3 is 0 Å². The molecule has 0 aromatic heterocycles. The molecule has 1 aliphatic rings. The van der Waals surface area contributed by atoms with Crippen molar-refractivity contribution in [2.45, 2.75) is 39.0 Å². The molecule has 0 radical (unpaired) electrons. The molecular formula is C10H18Si. The highest BCUT2D eigenvalue weighted by molar-refractivity contribution is 6.78. The fourth-order valence-electron chi connectivity index (χ4n) is 1.35. The summed E-state index contributed by atoms with van der Waals surface area (Å²) in [6.45, 7) is 11.7. The summed E-state index contributed by atoms with van der Waals surface area (Å²) >= 11 is 0. The Morgan fingerprint density at radius 2 is 1.36 bits per heavy atom. The lowest BCUT2D eigenvalue weighted by atomic mass is 10.2. The second-order valence-electron chi connectivity index (χ2n) is 4.59. The van der Waals surface area contributed by atoms with Gasteiger partial charge in [0.15, 0.2) is 0 Å². The first kappa shape index (κ1) is 8.79. The molecule has 0 nitrogen and oxygen atoms in total. The number of rotatable bonds is 1. The van der Waals surface area contributed by atoms with Gasteiger partial charge in [-0.05, 0) is 19.4 Å². The van der Waals surface area contributed by atoms with Crippen molar-refractivity contribution in [3.05, 3.63) is 23.3 Å². The van der Waals surface area contributed by atoms with Crippen molar-refractivity contribution in [2.75, 3.05) is 0 Å². The van der Waals surface area contributed by atoms with Crippen LogP contribution in [0.1, 0.15) is 13.8 Å². The van der Waals surface area contributed by atoms with E-state index < -0.39 is 8.07 Å². The topological polar surface area (TPSA) is 0 Å². The molecule has 0 aromatic rings. The molecule has 0 atom stereocenters. The maximum absolute atomic E-state index is 2.43. The van der Waals surface area contributed by atoms with Crippen LogP contribution in [0.25, 0.3) is 0 Å². The minimum atomic E-state index is -0.961. The molecule has 62 valence electrons. The van der Waals surface area contributed by atoms with E-state index in [-0.39, 0.29) is 0 Å². The summed E-state index contributed by atoms with van der Waals surface area (Å²) in [5.74, 6) is 0. The molecule has 1 heteroatoms. The van der Waals surface area contributed by atoms with Crippen LogP contribution in [-0.2, 0) is 0 Å². The van der Waals surface area contributed by atoms with Gasteiger partial charge in [0.1, 0.15) is 0 Å². The summed E-state index contributed by atoms with van der Waals surface area (Å²) < 4.78 is 0. The van der Waals surface area contributed by atoms with E-state index in [0.717, 1.165) is 5.54 Å².